The van der Waals surface area contributed by atoms with Crippen LogP contribution in [0.15, 0.2) is 70.5 Å². The molecule has 2 aromatic carbocycles. The minimum Gasteiger partial charge on any atom is -0.421 e. The molecule has 4 rings (SSSR count). The van der Waals surface area contributed by atoms with Crippen LogP contribution >= 0.6 is 59.1 Å². The molecule has 7 heteroatoms. The van der Waals surface area contributed by atoms with E-state index in [-0.39, 0.29) is 0 Å². The average molecular weight is 542 g/mol. The van der Waals surface area contributed by atoms with E-state index in [1.54, 1.807) is 0 Å². The first kappa shape index (κ1) is 17.1. The number of halogens is 3. The van der Waals surface area contributed by atoms with E-state index < -0.39 is 5.63 Å². The Morgan fingerprint density at radius 3 is 2.48 bits per heavy atom. The smallest absolute Gasteiger partial charge is 0.346 e. The molecule has 0 radical (unpaired) electrons. The van der Waals surface area contributed by atoms with Crippen LogP contribution in [0, 0.1) is 0 Å². The summed E-state index contributed by atoms with van der Waals surface area (Å²) in [6.07, 6.45) is 0. The summed E-state index contributed by atoms with van der Waals surface area (Å²) in [6, 6.07) is 13.5. The van der Waals surface area contributed by atoms with Crippen LogP contribution in [0.2, 0.25) is 0 Å². The standard InChI is InChI=1S/C18H8Br3NO2S/c19-11-3-1-9(2-4-11)15-8-25-17(22-15)13-6-10-5-12(20)7-14(21)16(10)24-18(13)23/h1-8H. The van der Waals surface area contributed by atoms with Crippen LogP contribution in [0.1, 0.15) is 0 Å². The summed E-state index contributed by atoms with van der Waals surface area (Å²) in [6.45, 7) is 0. The van der Waals surface area contributed by atoms with Gasteiger partial charge in [-0.05, 0) is 46.3 Å². The molecule has 0 atom stereocenters. The van der Waals surface area contributed by atoms with Gasteiger partial charge in [-0.1, -0.05) is 44.0 Å². The fourth-order valence-corrected chi connectivity index (χ4v) is 4.89. The van der Waals surface area contributed by atoms with Gasteiger partial charge in [0.2, 0.25) is 0 Å². The van der Waals surface area contributed by atoms with E-state index in [2.05, 4.69) is 52.8 Å². The van der Waals surface area contributed by atoms with Crippen LogP contribution in [-0.2, 0) is 0 Å². The first-order chi connectivity index (χ1) is 12.0. The van der Waals surface area contributed by atoms with Crippen molar-refractivity contribution in [1.29, 1.82) is 0 Å². The SMILES string of the molecule is O=c1oc2c(Br)cc(Br)cc2cc1-c1nc(-c2ccc(Br)cc2)cs1. The highest BCUT2D eigenvalue weighted by Crippen LogP contribution is 2.32. The Morgan fingerprint density at radius 2 is 1.72 bits per heavy atom. The highest BCUT2D eigenvalue weighted by molar-refractivity contribution is 9.11. The molecule has 3 nitrogen and oxygen atoms in total. The first-order valence-electron chi connectivity index (χ1n) is 7.16. The number of nitrogens with zero attached hydrogens (tertiary/aromatic N) is 1. The Balaban J connectivity index is 1.83. The highest BCUT2D eigenvalue weighted by atomic mass is 79.9. The zero-order valence-electron chi connectivity index (χ0n) is 12.4. The minimum absolute atomic E-state index is 0.396. The second-order valence-electron chi connectivity index (χ2n) is 5.30. The second kappa shape index (κ2) is 6.79. The summed E-state index contributed by atoms with van der Waals surface area (Å²) in [5.41, 5.74) is 2.43. The zero-order valence-corrected chi connectivity index (χ0v) is 18.0. The molecule has 4 aromatic rings. The number of hydrogen-bond acceptors (Lipinski definition) is 4. The third-order valence-electron chi connectivity index (χ3n) is 3.63. The molecule has 0 fully saturated rings. The van der Waals surface area contributed by atoms with Gasteiger partial charge in [0.05, 0.1) is 15.7 Å². The fourth-order valence-electron chi connectivity index (χ4n) is 2.46. The van der Waals surface area contributed by atoms with E-state index in [1.165, 1.54) is 11.3 Å². The van der Waals surface area contributed by atoms with Gasteiger partial charge in [0.1, 0.15) is 5.01 Å². The maximum Gasteiger partial charge on any atom is 0.346 e. The van der Waals surface area contributed by atoms with Crippen molar-refractivity contribution in [3.63, 3.8) is 0 Å². The Kier molecular flexibility index (Phi) is 4.66. The third-order valence-corrected chi connectivity index (χ3v) is 6.08. The Hall–Kier alpha value is -1.28. The molecule has 0 saturated carbocycles. The fraction of sp³-hybridized carbons (Fsp3) is 0. The van der Waals surface area contributed by atoms with E-state index in [9.17, 15) is 4.79 Å². The van der Waals surface area contributed by atoms with Crippen LogP contribution in [0.5, 0.6) is 0 Å². The van der Waals surface area contributed by atoms with Gasteiger partial charge in [0, 0.05) is 25.3 Å². The van der Waals surface area contributed by atoms with Gasteiger partial charge in [-0.25, -0.2) is 9.78 Å². The number of hydrogen-bond donors (Lipinski definition) is 0. The summed E-state index contributed by atoms with van der Waals surface area (Å²) in [5, 5.41) is 3.42. The normalized spacial score (nSPS) is 11.2. The maximum absolute atomic E-state index is 12.4. The predicted octanol–water partition coefficient (Wildman–Crippen LogP) is 6.87. The van der Waals surface area contributed by atoms with Gasteiger partial charge < -0.3 is 4.42 Å². The Morgan fingerprint density at radius 1 is 0.960 bits per heavy atom. The van der Waals surface area contributed by atoms with Crippen molar-refractivity contribution in [1.82, 2.24) is 4.98 Å². The average Bonchev–Trinajstić information content (AvgIpc) is 3.05. The van der Waals surface area contributed by atoms with E-state index in [0.717, 1.165) is 30.1 Å². The molecule has 0 amide bonds. The molecule has 0 bridgehead atoms. The van der Waals surface area contributed by atoms with E-state index >= 15 is 0 Å². The van der Waals surface area contributed by atoms with Gasteiger partial charge in [-0.3, -0.25) is 0 Å². The highest BCUT2D eigenvalue weighted by Gasteiger charge is 2.14. The molecule has 25 heavy (non-hydrogen) atoms. The third kappa shape index (κ3) is 3.38. The lowest BCUT2D eigenvalue weighted by molar-refractivity contribution is 0.561. The summed E-state index contributed by atoms with van der Waals surface area (Å²) in [7, 11) is 0. The van der Waals surface area contributed by atoms with Crippen LogP contribution < -0.4 is 5.63 Å². The van der Waals surface area contributed by atoms with Crippen LogP contribution in [0.25, 0.3) is 32.8 Å². The lowest BCUT2D eigenvalue weighted by Gasteiger charge is -2.03. The topological polar surface area (TPSA) is 43.1 Å². The second-order valence-corrected chi connectivity index (χ2v) is 8.84. The van der Waals surface area contributed by atoms with Crippen molar-refractivity contribution >= 4 is 70.1 Å². The monoisotopic (exact) mass is 539 g/mol. The maximum atomic E-state index is 12.4. The molecule has 0 unspecified atom stereocenters. The number of thiazole rings is 1. The molecular weight excluding hydrogens is 534 g/mol. The van der Waals surface area contributed by atoms with Crippen LogP contribution in [0.3, 0.4) is 0 Å². The Labute approximate surface area is 172 Å². The molecule has 2 aromatic heterocycles. The van der Waals surface area contributed by atoms with Crippen molar-refractivity contribution in [2.24, 2.45) is 0 Å². The molecule has 0 aliphatic heterocycles. The molecule has 0 aliphatic rings. The van der Waals surface area contributed by atoms with Gasteiger partial charge in [-0.15, -0.1) is 11.3 Å². The summed E-state index contributed by atoms with van der Waals surface area (Å²) < 4.78 is 8.15. The minimum atomic E-state index is -0.396. The van der Waals surface area contributed by atoms with Crippen LogP contribution in [0.4, 0.5) is 0 Å². The predicted molar refractivity (Wildman–Crippen MR) is 112 cm³/mol. The molecule has 0 saturated heterocycles. The van der Waals surface area contributed by atoms with Gasteiger partial charge in [-0.2, -0.15) is 0 Å². The van der Waals surface area contributed by atoms with Gasteiger partial charge >= 0.3 is 5.63 Å². The number of aromatic nitrogens is 1. The zero-order chi connectivity index (χ0) is 17.6. The van der Waals surface area contributed by atoms with Crippen molar-refractivity contribution in [3.05, 3.63) is 71.7 Å². The summed E-state index contributed by atoms with van der Waals surface area (Å²) in [4.78, 5) is 17.0. The lowest BCUT2D eigenvalue weighted by atomic mass is 10.2. The molecule has 0 spiro atoms. The molecule has 0 aliphatic carbocycles. The molecular formula is C18H8Br3NO2S. The largest absolute Gasteiger partial charge is 0.421 e. The van der Waals surface area contributed by atoms with E-state index in [4.69, 9.17) is 4.42 Å². The molecule has 124 valence electrons. The lowest BCUT2D eigenvalue weighted by Crippen LogP contribution is -2.02. The van der Waals surface area contributed by atoms with Gasteiger partial charge in [0.15, 0.2) is 5.58 Å². The Bertz CT molecular complexity index is 1150. The van der Waals surface area contributed by atoms with Crippen LogP contribution in [-0.4, -0.2) is 4.98 Å². The number of rotatable bonds is 2. The van der Waals surface area contributed by atoms with Crippen molar-refractivity contribution in [3.8, 4) is 21.8 Å². The summed E-state index contributed by atoms with van der Waals surface area (Å²) in [5.74, 6) is 0. The number of fused-ring (bicyclic) bond motifs is 1. The quantitative estimate of drug-likeness (QED) is 0.260. The molecule has 2 heterocycles. The molecule has 0 N–H and O–H groups in total. The van der Waals surface area contributed by atoms with E-state index in [1.807, 2.05) is 47.8 Å². The summed E-state index contributed by atoms with van der Waals surface area (Å²) >= 11 is 11.7. The van der Waals surface area contributed by atoms with Gasteiger partial charge in [0.25, 0.3) is 0 Å². The van der Waals surface area contributed by atoms with Crippen molar-refractivity contribution in [2.75, 3.05) is 0 Å². The number of benzene rings is 2. The van der Waals surface area contributed by atoms with E-state index in [0.29, 0.717) is 16.2 Å². The van der Waals surface area contributed by atoms with Crippen molar-refractivity contribution in [2.45, 2.75) is 0 Å². The first-order valence-corrected chi connectivity index (χ1v) is 10.4. The van der Waals surface area contributed by atoms with Crippen molar-refractivity contribution < 1.29 is 4.42 Å².